The van der Waals surface area contributed by atoms with Crippen molar-refractivity contribution in [2.24, 2.45) is 0 Å². The van der Waals surface area contributed by atoms with Gasteiger partial charge in [0.2, 0.25) is 0 Å². The Morgan fingerprint density at radius 3 is 2.62 bits per heavy atom. The van der Waals surface area contributed by atoms with Crippen molar-refractivity contribution in [3.8, 4) is 0 Å². The third-order valence-electron chi connectivity index (χ3n) is 4.44. The minimum Gasteiger partial charge on any atom is -0.354 e. The molecule has 0 N–H and O–H groups in total. The molecule has 6 nitrogen and oxygen atoms in total. The average molecular weight is 340 g/mol. The molecule has 0 spiro atoms. The van der Waals surface area contributed by atoms with Crippen LogP contribution in [0.2, 0.25) is 0 Å². The molecular formula is C17H20N6S. The van der Waals surface area contributed by atoms with Crippen molar-refractivity contribution >= 4 is 33.2 Å². The lowest BCUT2D eigenvalue weighted by atomic mass is 10.2. The highest BCUT2D eigenvalue weighted by Gasteiger charge is 2.20. The number of thiophene rings is 1. The topological polar surface area (TPSA) is 58.0 Å². The lowest BCUT2D eigenvalue weighted by Gasteiger charge is -2.23. The molecule has 1 saturated heterocycles. The first-order chi connectivity index (χ1) is 11.7. The number of nitrogens with zero attached hydrogens (tertiary/aromatic N) is 6. The van der Waals surface area contributed by atoms with Gasteiger partial charge in [0.05, 0.1) is 11.1 Å². The van der Waals surface area contributed by atoms with Gasteiger partial charge in [-0.3, -0.25) is 0 Å². The van der Waals surface area contributed by atoms with E-state index in [1.165, 1.54) is 10.9 Å². The van der Waals surface area contributed by atoms with E-state index in [1.54, 1.807) is 17.7 Å². The normalized spacial score (nSPS) is 15.8. The van der Waals surface area contributed by atoms with Crippen molar-refractivity contribution in [3.63, 3.8) is 0 Å². The molecule has 7 heteroatoms. The van der Waals surface area contributed by atoms with Gasteiger partial charge in [-0.15, -0.1) is 16.4 Å². The van der Waals surface area contributed by atoms with E-state index in [9.17, 15) is 0 Å². The summed E-state index contributed by atoms with van der Waals surface area (Å²) < 4.78 is 0. The van der Waals surface area contributed by atoms with E-state index in [2.05, 4.69) is 48.3 Å². The fourth-order valence-electron chi connectivity index (χ4n) is 3.16. The molecule has 0 bridgehead atoms. The lowest BCUT2D eigenvalue weighted by Crippen LogP contribution is -2.31. The second kappa shape index (κ2) is 6.32. The summed E-state index contributed by atoms with van der Waals surface area (Å²) >= 11 is 1.69. The number of rotatable bonds is 2. The smallest absolute Gasteiger partial charge is 0.151 e. The Hall–Kier alpha value is -2.28. The van der Waals surface area contributed by atoms with Crippen molar-refractivity contribution in [3.05, 3.63) is 35.1 Å². The second-order valence-electron chi connectivity index (χ2n) is 6.16. The van der Waals surface area contributed by atoms with Crippen LogP contribution in [0.25, 0.3) is 10.2 Å². The number of hydrogen-bond acceptors (Lipinski definition) is 7. The molecular weight excluding hydrogens is 320 g/mol. The predicted octanol–water partition coefficient (Wildman–Crippen LogP) is 2.81. The maximum atomic E-state index is 4.59. The third-order valence-corrected chi connectivity index (χ3v) is 5.44. The standard InChI is InChI=1S/C17H20N6S/c1-12-10-24-17-15(12)16(18-11-19-17)23-7-3-6-22(8-9-23)14-5-4-13(2)20-21-14/h4-5,10-11H,3,6-9H2,1-2H3. The molecule has 0 radical (unpaired) electrons. The average Bonchev–Trinajstić information content (AvgIpc) is 2.83. The molecule has 4 rings (SSSR count). The zero-order valence-electron chi connectivity index (χ0n) is 13.9. The molecule has 4 heterocycles. The Balaban J connectivity index is 1.58. The summed E-state index contributed by atoms with van der Waals surface area (Å²) in [5, 5.41) is 11.9. The second-order valence-corrected chi connectivity index (χ2v) is 7.01. The summed E-state index contributed by atoms with van der Waals surface area (Å²) in [4.78, 5) is 14.8. The van der Waals surface area contributed by atoms with Crippen LogP contribution >= 0.6 is 11.3 Å². The Labute approximate surface area is 145 Å². The SMILES string of the molecule is Cc1ccc(N2CCCN(c3ncnc4scc(C)c34)CC2)nn1. The highest BCUT2D eigenvalue weighted by atomic mass is 32.1. The van der Waals surface area contributed by atoms with Gasteiger partial charge in [0.25, 0.3) is 0 Å². The van der Waals surface area contributed by atoms with Crippen molar-refractivity contribution in [2.45, 2.75) is 20.3 Å². The summed E-state index contributed by atoms with van der Waals surface area (Å²) in [6.45, 7) is 7.94. The maximum absolute atomic E-state index is 4.59. The van der Waals surface area contributed by atoms with Crippen LogP contribution in [0.5, 0.6) is 0 Å². The fourth-order valence-corrected chi connectivity index (χ4v) is 4.04. The molecule has 1 fully saturated rings. The van der Waals surface area contributed by atoms with Crippen LogP contribution in [-0.2, 0) is 0 Å². The lowest BCUT2D eigenvalue weighted by molar-refractivity contribution is 0.782. The third kappa shape index (κ3) is 2.80. The van der Waals surface area contributed by atoms with Crippen LogP contribution in [0.1, 0.15) is 17.7 Å². The maximum Gasteiger partial charge on any atom is 0.151 e. The molecule has 1 aliphatic heterocycles. The summed E-state index contributed by atoms with van der Waals surface area (Å²) in [5.74, 6) is 2.03. The largest absolute Gasteiger partial charge is 0.354 e. The number of hydrogen-bond donors (Lipinski definition) is 0. The quantitative estimate of drug-likeness (QED) is 0.715. The highest BCUT2D eigenvalue weighted by molar-refractivity contribution is 7.17. The van der Waals surface area contributed by atoms with Gasteiger partial charge >= 0.3 is 0 Å². The predicted molar refractivity (Wildman–Crippen MR) is 98.0 cm³/mol. The molecule has 0 aliphatic carbocycles. The van der Waals surface area contributed by atoms with Gasteiger partial charge in [-0.25, -0.2) is 9.97 Å². The van der Waals surface area contributed by atoms with Crippen molar-refractivity contribution in [1.29, 1.82) is 0 Å². The summed E-state index contributed by atoms with van der Waals surface area (Å²) in [5.41, 5.74) is 2.21. The zero-order chi connectivity index (χ0) is 16.5. The van der Waals surface area contributed by atoms with Crippen LogP contribution in [0, 0.1) is 13.8 Å². The molecule has 0 atom stereocenters. The first-order valence-electron chi connectivity index (χ1n) is 8.21. The molecule has 0 amide bonds. The molecule has 1 aliphatic rings. The van der Waals surface area contributed by atoms with Crippen LogP contribution < -0.4 is 9.80 Å². The van der Waals surface area contributed by atoms with Gasteiger partial charge in [0, 0.05) is 26.2 Å². The first-order valence-corrected chi connectivity index (χ1v) is 9.09. The minimum atomic E-state index is 0.923. The highest BCUT2D eigenvalue weighted by Crippen LogP contribution is 2.31. The van der Waals surface area contributed by atoms with Gasteiger partial charge in [0.15, 0.2) is 5.82 Å². The van der Waals surface area contributed by atoms with Gasteiger partial charge in [-0.2, -0.15) is 5.10 Å². The number of aromatic nitrogens is 4. The Bertz CT molecular complexity index is 844. The van der Waals surface area contributed by atoms with E-state index in [0.717, 1.165) is 54.8 Å². The number of aryl methyl sites for hydroxylation is 2. The zero-order valence-corrected chi connectivity index (χ0v) is 14.8. The molecule has 24 heavy (non-hydrogen) atoms. The molecule has 0 aromatic carbocycles. The molecule has 0 saturated carbocycles. The fraction of sp³-hybridized carbons (Fsp3) is 0.412. The van der Waals surface area contributed by atoms with Crippen LogP contribution in [0.3, 0.4) is 0 Å². The summed E-state index contributed by atoms with van der Waals surface area (Å²) in [7, 11) is 0. The van der Waals surface area contributed by atoms with Crippen molar-refractivity contribution < 1.29 is 0 Å². The molecule has 3 aromatic rings. The van der Waals surface area contributed by atoms with Gasteiger partial charge < -0.3 is 9.80 Å². The Kier molecular flexibility index (Phi) is 4.02. The van der Waals surface area contributed by atoms with E-state index >= 15 is 0 Å². The Morgan fingerprint density at radius 1 is 0.958 bits per heavy atom. The summed E-state index contributed by atoms with van der Waals surface area (Å²) in [6, 6.07) is 4.08. The molecule has 3 aromatic heterocycles. The van der Waals surface area contributed by atoms with Gasteiger partial charge in [-0.05, 0) is 43.3 Å². The van der Waals surface area contributed by atoms with Crippen LogP contribution in [0.15, 0.2) is 23.8 Å². The van der Waals surface area contributed by atoms with E-state index in [0.29, 0.717) is 0 Å². The monoisotopic (exact) mass is 340 g/mol. The van der Waals surface area contributed by atoms with E-state index in [4.69, 9.17) is 0 Å². The summed E-state index contributed by atoms with van der Waals surface area (Å²) in [6.07, 6.45) is 2.76. The van der Waals surface area contributed by atoms with Crippen LogP contribution in [0.4, 0.5) is 11.6 Å². The number of fused-ring (bicyclic) bond motifs is 1. The van der Waals surface area contributed by atoms with Crippen molar-refractivity contribution in [2.75, 3.05) is 36.0 Å². The first kappa shape index (κ1) is 15.3. The Morgan fingerprint density at radius 2 is 1.79 bits per heavy atom. The molecule has 124 valence electrons. The molecule has 0 unspecified atom stereocenters. The van der Waals surface area contributed by atoms with Crippen LogP contribution in [-0.4, -0.2) is 46.3 Å². The van der Waals surface area contributed by atoms with E-state index in [-0.39, 0.29) is 0 Å². The van der Waals surface area contributed by atoms with E-state index in [1.807, 2.05) is 13.0 Å². The minimum absolute atomic E-state index is 0.923. The van der Waals surface area contributed by atoms with E-state index < -0.39 is 0 Å². The number of anilines is 2. The van der Waals surface area contributed by atoms with Gasteiger partial charge in [-0.1, -0.05) is 0 Å². The van der Waals surface area contributed by atoms with Gasteiger partial charge in [0.1, 0.15) is 17.0 Å². The van der Waals surface area contributed by atoms with Crippen molar-refractivity contribution in [1.82, 2.24) is 20.2 Å².